The van der Waals surface area contributed by atoms with Crippen LogP contribution >= 0.6 is 15.9 Å². The summed E-state index contributed by atoms with van der Waals surface area (Å²) in [5.41, 5.74) is 2.22. The van der Waals surface area contributed by atoms with Crippen LogP contribution in [-0.2, 0) is 9.53 Å². The predicted molar refractivity (Wildman–Crippen MR) is 83.7 cm³/mol. The smallest absolute Gasteiger partial charge is 0.227 e. The van der Waals surface area contributed by atoms with E-state index in [0.29, 0.717) is 12.3 Å². The highest BCUT2D eigenvalue weighted by atomic mass is 79.9. The minimum absolute atomic E-state index is 0.230. The molecule has 2 fully saturated rings. The average Bonchev–Trinajstić information content (AvgIpc) is 2.89. The fourth-order valence-electron chi connectivity index (χ4n) is 2.80. The molecule has 4 nitrogen and oxygen atoms in total. The first-order valence-electron chi connectivity index (χ1n) is 7.07. The molecule has 5 heteroatoms. The quantitative estimate of drug-likeness (QED) is 0.792. The molecule has 2 aliphatic heterocycles. The van der Waals surface area contributed by atoms with Gasteiger partial charge in [0, 0.05) is 42.8 Å². The fraction of sp³-hybridized carbons (Fsp3) is 0.533. The lowest BCUT2D eigenvalue weighted by molar-refractivity contribution is -0.117. The van der Waals surface area contributed by atoms with Crippen molar-refractivity contribution < 1.29 is 9.53 Å². The summed E-state index contributed by atoms with van der Waals surface area (Å²) in [6.45, 7) is 4.28. The van der Waals surface area contributed by atoms with Crippen molar-refractivity contribution in [1.82, 2.24) is 0 Å². The first-order valence-corrected chi connectivity index (χ1v) is 8.19. The Labute approximate surface area is 127 Å². The number of ether oxygens (including phenoxy) is 1. The number of carbonyl (C=O) groups is 1. The molecule has 108 valence electrons. The van der Waals surface area contributed by atoms with Gasteiger partial charge in [-0.25, -0.2) is 0 Å². The van der Waals surface area contributed by atoms with Gasteiger partial charge in [0.05, 0.1) is 13.2 Å². The second-order valence-corrected chi connectivity index (χ2v) is 5.99. The molecular weight excluding hydrogens is 320 g/mol. The molecule has 0 aliphatic carbocycles. The number of benzene rings is 1. The molecule has 1 aromatic carbocycles. The zero-order chi connectivity index (χ0) is 13.9. The summed E-state index contributed by atoms with van der Waals surface area (Å²) in [5.74, 6) is 0.662. The normalized spacial score (nSPS) is 23.4. The summed E-state index contributed by atoms with van der Waals surface area (Å²) in [4.78, 5) is 16.2. The Morgan fingerprint density at radius 3 is 2.40 bits per heavy atom. The van der Waals surface area contributed by atoms with Crippen LogP contribution in [0.15, 0.2) is 24.3 Å². The van der Waals surface area contributed by atoms with Crippen molar-refractivity contribution in [3.63, 3.8) is 0 Å². The standard InChI is InChI=1S/C15H19BrN2O2/c16-10-12-9-15(19)18(11-12)14-3-1-13(2-4-14)17-5-7-20-8-6-17/h1-4,12H,5-11H2. The van der Waals surface area contributed by atoms with E-state index in [1.54, 1.807) is 0 Å². The Morgan fingerprint density at radius 2 is 1.80 bits per heavy atom. The molecule has 0 saturated carbocycles. The number of amides is 1. The molecule has 2 heterocycles. The van der Waals surface area contributed by atoms with Crippen LogP contribution in [0, 0.1) is 5.92 Å². The van der Waals surface area contributed by atoms with Crippen LogP contribution in [0.1, 0.15) is 6.42 Å². The molecule has 20 heavy (non-hydrogen) atoms. The van der Waals surface area contributed by atoms with E-state index in [-0.39, 0.29) is 5.91 Å². The van der Waals surface area contributed by atoms with Crippen LogP contribution in [0.3, 0.4) is 0 Å². The van der Waals surface area contributed by atoms with E-state index in [1.165, 1.54) is 5.69 Å². The van der Waals surface area contributed by atoms with E-state index in [4.69, 9.17) is 4.74 Å². The van der Waals surface area contributed by atoms with E-state index in [2.05, 4.69) is 45.1 Å². The van der Waals surface area contributed by atoms with Gasteiger partial charge >= 0.3 is 0 Å². The van der Waals surface area contributed by atoms with Gasteiger partial charge in [-0.15, -0.1) is 0 Å². The van der Waals surface area contributed by atoms with Gasteiger partial charge in [-0.2, -0.15) is 0 Å². The van der Waals surface area contributed by atoms with Gasteiger partial charge in [-0.05, 0) is 30.2 Å². The number of rotatable bonds is 3. The number of anilines is 2. The van der Waals surface area contributed by atoms with Crippen molar-refractivity contribution >= 4 is 33.2 Å². The maximum atomic E-state index is 12.0. The maximum absolute atomic E-state index is 12.0. The van der Waals surface area contributed by atoms with E-state index >= 15 is 0 Å². The second kappa shape index (κ2) is 6.14. The number of hydrogen-bond donors (Lipinski definition) is 0. The van der Waals surface area contributed by atoms with Crippen LogP contribution in [0.4, 0.5) is 11.4 Å². The van der Waals surface area contributed by atoms with Crippen molar-refractivity contribution in [2.45, 2.75) is 6.42 Å². The average molecular weight is 339 g/mol. The largest absolute Gasteiger partial charge is 0.378 e. The summed E-state index contributed by atoms with van der Waals surface area (Å²) in [6.07, 6.45) is 0.649. The molecule has 0 spiro atoms. The Morgan fingerprint density at radius 1 is 1.15 bits per heavy atom. The maximum Gasteiger partial charge on any atom is 0.227 e. The molecule has 2 saturated heterocycles. The summed E-state index contributed by atoms with van der Waals surface area (Å²) >= 11 is 3.47. The summed E-state index contributed by atoms with van der Waals surface area (Å²) < 4.78 is 5.37. The molecule has 1 amide bonds. The van der Waals surface area contributed by atoms with Gasteiger partial charge in [0.15, 0.2) is 0 Å². The second-order valence-electron chi connectivity index (χ2n) is 5.34. The summed E-state index contributed by atoms with van der Waals surface area (Å²) in [5, 5.41) is 0.890. The van der Waals surface area contributed by atoms with Crippen molar-refractivity contribution in [3.8, 4) is 0 Å². The van der Waals surface area contributed by atoms with E-state index < -0.39 is 0 Å². The Kier molecular flexibility index (Phi) is 4.27. The predicted octanol–water partition coefficient (Wildman–Crippen LogP) is 2.27. The molecule has 0 aromatic heterocycles. The minimum atomic E-state index is 0.230. The van der Waals surface area contributed by atoms with Crippen LogP contribution in [-0.4, -0.2) is 44.1 Å². The number of nitrogens with zero attached hydrogens (tertiary/aromatic N) is 2. The van der Waals surface area contributed by atoms with E-state index in [1.807, 2.05) is 4.90 Å². The third-order valence-electron chi connectivity index (χ3n) is 3.96. The minimum Gasteiger partial charge on any atom is -0.378 e. The zero-order valence-electron chi connectivity index (χ0n) is 11.4. The Hall–Kier alpha value is -1.07. The molecular formula is C15H19BrN2O2. The molecule has 3 rings (SSSR count). The monoisotopic (exact) mass is 338 g/mol. The Balaban J connectivity index is 1.71. The molecule has 0 bridgehead atoms. The molecule has 2 aliphatic rings. The highest BCUT2D eigenvalue weighted by Crippen LogP contribution is 2.28. The van der Waals surface area contributed by atoms with Crippen LogP contribution < -0.4 is 9.80 Å². The molecule has 1 atom stereocenters. The van der Waals surface area contributed by atoms with Gasteiger partial charge in [0.2, 0.25) is 5.91 Å². The van der Waals surface area contributed by atoms with Crippen LogP contribution in [0.2, 0.25) is 0 Å². The number of carbonyl (C=O) groups excluding carboxylic acids is 1. The highest BCUT2D eigenvalue weighted by Gasteiger charge is 2.29. The molecule has 0 N–H and O–H groups in total. The number of alkyl halides is 1. The zero-order valence-corrected chi connectivity index (χ0v) is 13.0. The highest BCUT2D eigenvalue weighted by molar-refractivity contribution is 9.09. The number of morpholine rings is 1. The van der Waals surface area contributed by atoms with Crippen LogP contribution in [0.25, 0.3) is 0 Å². The van der Waals surface area contributed by atoms with Crippen molar-refractivity contribution in [2.24, 2.45) is 5.92 Å². The lowest BCUT2D eigenvalue weighted by atomic mass is 10.2. The van der Waals surface area contributed by atoms with Crippen molar-refractivity contribution in [3.05, 3.63) is 24.3 Å². The first-order chi connectivity index (χ1) is 9.78. The first kappa shape index (κ1) is 13.9. The SMILES string of the molecule is O=C1CC(CBr)CN1c1ccc(N2CCOCC2)cc1. The van der Waals surface area contributed by atoms with Crippen LogP contribution in [0.5, 0.6) is 0 Å². The lowest BCUT2D eigenvalue weighted by Crippen LogP contribution is -2.36. The van der Waals surface area contributed by atoms with Gasteiger partial charge in [-0.3, -0.25) is 4.79 Å². The number of hydrogen-bond acceptors (Lipinski definition) is 3. The Bertz CT molecular complexity index is 471. The number of halogens is 1. The van der Waals surface area contributed by atoms with Crippen molar-refractivity contribution in [1.29, 1.82) is 0 Å². The third kappa shape index (κ3) is 2.83. The topological polar surface area (TPSA) is 32.8 Å². The molecule has 0 radical (unpaired) electrons. The van der Waals surface area contributed by atoms with E-state index in [0.717, 1.165) is 43.9 Å². The molecule has 1 aromatic rings. The third-order valence-corrected chi connectivity index (χ3v) is 4.88. The van der Waals surface area contributed by atoms with Gasteiger partial charge < -0.3 is 14.5 Å². The summed E-state index contributed by atoms with van der Waals surface area (Å²) in [7, 11) is 0. The molecule has 1 unspecified atom stereocenters. The summed E-state index contributed by atoms with van der Waals surface area (Å²) in [6, 6.07) is 8.32. The van der Waals surface area contributed by atoms with E-state index in [9.17, 15) is 4.79 Å². The van der Waals surface area contributed by atoms with Gasteiger partial charge in [0.25, 0.3) is 0 Å². The van der Waals surface area contributed by atoms with Gasteiger partial charge in [-0.1, -0.05) is 15.9 Å². The fourth-order valence-corrected chi connectivity index (χ4v) is 3.23. The van der Waals surface area contributed by atoms with Gasteiger partial charge in [0.1, 0.15) is 0 Å². The van der Waals surface area contributed by atoms with Crippen molar-refractivity contribution in [2.75, 3.05) is 48.0 Å². The lowest BCUT2D eigenvalue weighted by Gasteiger charge is -2.29.